The van der Waals surface area contributed by atoms with Crippen LogP contribution in [0, 0.1) is 0 Å². The number of hydrogen-bond donors (Lipinski definition) is 0. The Bertz CT molecular complexity index is 831. The van der Waals surface area contributed by atoms with E-state index in [1.54, 1.807) is 6.92 Å². The van der Waals surface area contributed by atoms with Crippen molar-refractivity contribution in [2.45, 2.75) is 20.1 Å². The predicted molar refractivity (Wildman–Crippen MR) is 83.2 cm³/mol. The summed E-state index contributed by atoms with van der Waals surface area (Å²) in [5.74, 6) is -1.18. The van der Waals surface area contributed by atoms with E-state index in [1.807, 2.05) is 30.3 Å². The molecule has 0 saturated heterocycles. The number of hydrogen-bond acceptors (Lipinski definition) is 6. The number of benzene rings is 1. The fourth-order valence-electron chi connectivity index (χ4n) is 2.26. The highest BCUT2D eigenvalue weighted by molar-refractivity contribution is 5.94. The first kappa shape index (κ1) is 15.9. The van der Waals surface area contributed by atoms with E-state index in [1.165, 1.54) is 0 Å². The maximum atomic E-state index is 12.1. The number of hydroxylamine groups is 1. The molecule has 8 heteroatoms. The third-order valence-corrected chi connectivity index (χ3v) is 3.38. The van der Waals surface area contributed by atoms with E-state index in [2.05, 4.69) is 4.98 Å². The molecule has 8 nitrogen and oxygen atoms in total. The molecule has 1 aromatic carbocycles. The number of carbonyl (C=O) groups excluding carboxylic acids is 2. The normalized spacial score (nSPS) is 13.0. The van der Waals surface area contributed by atoms with Crippen LogP contribution in [0.3, 0.4) is 0 Å². The van der Waals surface area contributed by atoms with E-state index < -0.39 is 17.4 Å². The third-order valence-electron chi connectivity index (χ3n) is 3.38. The number of rotatable bonds is 5. The molecule has 1 aliphatic heterocycles. The zero-order chi connectivity index (χ0) is 17.1. The average molecular weight is 329 g/mol. The standard InChI is InChI=1S/C16H15N3O5/c1-2-23-15(22)12-8-13(20)18-9-14(21)19(16(18)17-12)24-10-11-6-4-3-5-7-11/h3-8H,2,9-10H2,1H3. The Morgan fingerprint density at radius 2 is 2.00 bits per heavy atom. The molecule has 2 aromatic rings. The topological polar surface area (TPSA) is 90.7 Å². The highest BCUT2D eigenvalue weighted by atomic mass is 16.7. The van der Waals surface area contributed by atoms with Gasteiger partial charge in [0.25, 0.3) is 11.5 Å². The molecule has 0 fully saturated rings. The fraction of sp³-hybridized carbons (Fsp3) is 0.250. The Morgan fingerprint density at radius 3 is 2.71 bits per heavy atom. The van der Waals surface area contributed by atoms with Crippen molar-refractivity contribution in [3.63, 3.8) is 0 Å². The molecular weight excluding hydrogens is 314 g/mol. The highest BCUT2D eigenvalue weighted by Crippen LogP contribution is 2.19. The van der Waals surface area contributed by atoms with Crippen molar-refractivity contribution in [2.24, 2.45) is 0 Å². The number of ether oxygens (including phenoxy) is 1. The van der Waals surface area contributed by atoms with Gasteiger partial charge in [-0.1, -0.05) is 30.3 Å². The summed E-state index contributed by atoms with van der Waals surface area (Å²) in [5.41, 5.74) is 0.186. The van der Waals surface area contributed by atoms with Crippen molar-refractivity contribution < 1.29 is 19.2 Å². The van der Waals surface area contributed by atoms with Crippen molar-refractivity contribution in [3.8, 4) is 0 Å². The van der Waals surface area contributed by atoms with Crippen LogP contribution in [-0.2, 0) is 27.5 Å². The van der Waals surface area contributed by atoms with E-state index in [0.29, 0.717) is 0 Å². The number of nitrogens with zero attached hydrogens (tertiary/aromatic N) is 3. The van der Waals surface area contributed by atoms with Crippen molar-refractivity contribution in [1.29, 1.82) is 0 Å². The molecular formula is C16H15N3O5. The second kappa shape index (κ2) is 6.63. The third kappa shape index (κ3) is 3.04. The zero-order valence-electron chi connectivity index (χ0n) is 13.0. The molecule has 0 unspecified atom stereocenters. The molecule has 0 spiro atoms. The Labute approximate surface area is 137 Å². The molecule has 1 aromatic heterocycles. The lowest BCUT2D eigenvalue weighted by molar-refractivity contribution is -0.125. The summed E-state index contributed by atoms with van der Waals surface area (Å²) in [6.45, 7) is 1.76. The van der Waals surface area contributed by atoms with Crippen LogP contribution in [0.5, 0.6) is 0 Å². The number of esters is 1. The van der Waals surface area contributed by atoms with Crippen LogP contribution >= 0.6 is 0 Å². The van der Waals surface area contributed by atoms with Crippen LogP contribution in [0.1, 0.15) is 23.0 Å². The molecule has 124 valence electrons. The molecule has 3 rings (SSSR count). The quantitative estimate of drug-likeness (QED) is 0.757. The van der Waals surface area contributed by atoms with Crippen LogP contribution in [0.25, 0.3) is 0 Å². The van der Waals surface area contributed by atoms with E-state index in [4.69, 9.17) is 9.57 Å². The summed E-state index contributed by atoms with van der Waals surface area (Å²) in [5, 5.41) is 0.942. The summed E-state index contributed by atoms with van der Waals surface area (Å²) in [7, 11) is 0. The second-order valence-corrected chi connectivity index (χ2v) is 5.03. The van der Waals surface area contributed by atoms with Gasteiger partial charge < -0.3 is 4.74 Å². The number of amides is 1. The Balaban J connectivity index is 1.87. The van der Waals surface area contributed by atoms with Gasteiger partial charge in [-0.15, -0.1) is 0 Å². The molecule has 1 aliphatic rings. The molecule has 0 saturated carbocycles. The van der Waals surface area contributed by atoms with Crippen LogP contribution in [0.4, 0.5) is 5.95 Å². The average Bonchev–Trinajstić information content (AvgIpc) is 2.90. The smallest absolute Gasteiger partial charge is 0.357 e. The lowest BCUT2D eigenvalue weighted by atomic mass is 10.2. The van der Waals surface area contributed by atoms with Crippen LogP contribution in [-0.4, -0.2) is 28.0 Å². The molecule has 1 amide bonds. The zero-order valence-corrected chi connectivity index (χ0v) is 13.0. The Kier molecular flexibility index (Phi) is 4.39. The van der Waals surface area contributed by atoms with Gasteiger partial charge in [-0.25, -0.2) is 9.78 Å². The Morgan fingerprint density at radius 1 is 1.25 bits per heavy atom. The summed E-state index contributed by atoms with van der Waals surface area (Å²) in [6.07, 6.45) is 0. The lowest BCUT2D eigenvalue weighted by Gasteiger charge is -2.15. The van der Waals surface area contributed by atoms with Gasteiger partial charge in [-0.05, 0) is 12.5 Å². The van der Waals surface area contributed by atoms with Gasteiger partial charge in [-0.2, -0.15) is 5.06 Å². The van der Waals surface area contributed by atoms with Crippen LogP contribution in [0.2, 0.25) is 0 Å². The van der Waals surface area contributed by atoms with E-state index in [-0.39, 0.29) is 31.4 Å². The van der Waals surface area contributed by atoms with Crippen molar-refractivity contribution in [3.05, 3.63) is 58.0 Å². The first-order valence-corrected chi connectivity index (χ1v) is 7.39. The van der Waals surface area contributed by atoms with Gasteiger partial charge >= 0.3 is 5.97 Å². The highest BCUT2D eigenvalue weighted by Gasteiger charge is 2.32. The first-order chi connectivity index (χ1) is 11.6. The van der Waals surface area contributed by atoms with E-state index in [0.717, 1.165) is 21.3 Å². The maximum Gasteiger partial charge on any atom is 0.357 e. The molecule has 0 aliphatic carbocycles. The summed E-state index contributed by atoms with van der Waals surface area (Å²) in [6, 6.07) is 10.3. The molecule has 0 N–H and O–H groups in total. The predicted octanol–water partition coefficient (Wildman–Crippen LogP) is 0.898. The molecule has 0 radical (unpaired) electrons. The molecule has 2 heterocycles. The van der Waals surface area contributed by atoms with Crippen molar-refractivity contribution in [1.82, 2.24) is 9.55 Å². The molecule has 0 atom stereocenters. The minimum Gasteiger partial charge on any atom is -0.461 e. The number of fused-ring (bicyclic) bond motifs is 1. The summed E-state index contributed by atoms with van der Waals surface area (Å²) < 4.78 is 5.99. The van der Waals surface area contributed by atoms with E-state index in [9.17, 15) is 14.4 Å². The van der Waals surface area contributed by atoms with Crippen LogP contribution < -0.4 is 10.6 Å². The van der Waals surface area contributed by atoms with Gasteiger partial charge in [0.05, 0.1) is 6.61 Å². The molecule has 0 bridgehead atoms. The fourth-order valence-corrected chi connectivity index (χ4v) is 2.26. The number of anilines is 1. The largest absolute Gasteiger partial charge is 0.461 e. The summed E-state index contributed by atoms with van der Waals surface area (Å²) in [4.78, 5) is 45.5. The van der Waals surface area contributed by atoms with Gasteiger partial charge in [0.15, 0.2) is 5.69 Å². The van der Waals surface area contributed by atoms with Crippen molar-refractivity contribution in [2.75, 3.05) is 11.7 Å². The first-order valence-electron chi connectivity index (χ1n) is 7.39. The van der Waals surface area contributed by atoms with Gasteiger partial charge in [0.1, 0.15) is 13.2 Å². The summed E-state index contributed by atoms with van der Waals surface area (Å²) >= 11 is 0. The molecule has 24 heavy (non-hydrogen) atoms. The van der Waals surface area contributed by atoms with Gasteiger partial charge in [0.2, 0.25) is 5.95 Å². The van der Waals surface area contributed by atoms with Crippen LogP contribution in [0.15, 0.2) is 41.2 Å². The SMILES string of the molecule is CCOC(=O)c1cc(=O)n2c(n1)N(OCc1ccccc1)C(=O)C2. The minimum atomic E-state index is -0.722. The van der Waals surface area contributed by atoms with Crippen molar-refractivity contribution >= 4 is 17.8 Å². The van der Waals surface area contributed by atoms with Gasteiger partial charge in [-0.3, -0.25) is 19.0 Å². The van der Waals surface area contributed by atoms with Gasteiger partial charge in [0, 0.05) is 6.07 Å². The number of carbonyl (C=O) groups is 2. The number of aromatic nitrogens is 2. The maximum absolute atomic E-state index is 12.1. The monoisotopic (exact) mass is 329 g/mol. The lowest BCUT2D eigenvalue weighted by Crippen LogP contribution is -2.28. The second-order valence-electron chi connectivity index (χ2n) is 5.03. The Hall–Kier alpha value is -3.00. The van der Waals surface area contributed by atoms with E-state index >= 15 is 0 Å². The minimum absolute atomic E-state index is 0.0218.